The Morgan fingerprint density at radius 3 is 2.61 bits per heavy atom. The molecule has 2 saturated carbocycles. The molecule has 3 aliphatic carbocycles. The SMILES string of the molecule is C=C1CCCC2(N)C1(C)CCC(C)C2(C)CC1=C(O)C(=O)C=C(NCCC(C)C)C1=O. The van der Waals surface area contributed by atoms with Crippen molar-refractivity contribution in [3.05, 3.63) is 35.3 Å². The summed E-state index contributed by atoms with van der Waals surface area (Å²) in [7, 11) is 0. The van der Waals surface area contributed by atoms with Crippen molar-refractivity contribution in [2.75, 3.05) is 6.54 Å². The Morgan fingerprint density at radius 2 is 1.97 bits per heavy atom. The Labute approximate surface area is 187 Å². The van der Waals surface area contributed by atoms with Crippen LogP contribution in [0.5, 0.6) is 0 Å². The van der Waals surface area contributed by atoms with Gasteiger partial charge in [0, 0.05) is 29.1 Å². The van der Waals surface area contributed by atoms with Crippen molar-refractivity contribution in [2.24, 2.45) is 28.4 Å². The van der Waals surface area contributed by atoms with E-state index < -0.39 is 22.5 Å². The molecule has 3 rings (SSSR count). The molecule has 4 unspecified atom stereocenters. The van der Waals surface area contributed by atoms with Crippen LogP contribution in [0.15, 0.2) is 35.3 Å². The molecule has 0 spiro atoms. The lowest BCUT2D eigenvalue weighted by molar-refractivity contribution is -0.119. The summed E-state index contributed by atoms with van der Waals surface area (Å²) in [5.41, 5.74) is 7.75. The third-order valence-corrected chi connectivity index (χ3v) is 8.89. The van der Waals surface area contributed by atoms with E-state index in [4.69, 9.17) is 5.73 Å². The van der Waals surface area contributed by atoms with Crippen molar-refractivity contribution in [1.29, 1.82) is 0 Å². The van der Waals surface area contributed by atoms with Gasteiger partial charge in [0.1, 0.15) is 0 Å². The summed E-state index contributed by atoms with van der Waals surface area (Å²) in [5, 5.41) is 13.8. The molecule has 5 heteroatoms. The van der Waals surface area contributed by atoms with Gasteiger partial charge in [0.2, 0.25) is 11.6 Å². The lowest BCUT2D eigenvalue weighted by Gasteiger charge is -2.65. The van der Waals surface area contributed by atoms with Crippen LogP contribution < -0.4 is 11.1 Å². The lowest BCUT2D eigenvalue weighted by atomic mass is 9.42. The van der Waals surface area contributed by atoms with Crippen molar-refractivity contribution in [3.8, 4) is 0 Å². The average Bonchev–Trinajstić information content (AvgIpc) is 2.70. The number of carbonyl (C=O) groups is 2. The predicted molar refractivity (Wildman–Crippen MR) is 124 cm³/mol. The van der Waals surface area contributed by atoms with Gasteiger partial charge in [0.15, 0.2) is 5.76 Å². The second kappa shape index (κ2) is 8.23. The number of ketones is 2. The second-order valence-electron chi connectivity index (χ2n) is 11.0. The van der Waals surface area contributed by atoms with E-state index in [1.165, 1.54) is 11.6 Å². The molecule has 3 aliphatic rings. The van der Waals surface area contributed by atoms with E-state index in [2.05, 4.69) is 46.5 Å². The largest absolute Gasteiger partial charge is 0.504 e. The number of Topliss-reactive ketones (excluding diaryl/α,β-unsaturated/α-hetero) is 1. The van der Waals surface area contributed by atoms with E-state index in [1.54, 1.807) is 0 Å². The zero-order valence-electron chi connectivity index (χ0n) is 19.9. The summed E-state index contributed by atoms with van der Waals surface area (Å²) < 4.78 is 0. The van der Waals surface area contributed by atoms with E-state index in [1.807, 2.05) is 0 Å². The average molecular weight is 429 g/mol. The Kier molecular flexibility index (Phi) is 6.31. The number of aliphatic hydroxyl groups is 1. The fourth-order valence-electron chi connectivity index (χ4n) is 6.20. The van der Waals surface area contributed by atoms with Crippen LogP contribution in [0, 0.1) is 22.7 Å². The lowest BCUT2D eigenvalue weighted by Crippen LogP contribution is -2.70. The van der Waals surface area contributed by atoms with E-state index >= 15 is 0 Å². The highest BCUT2D eigenvalue weighted by Gasteiger charge is 2.63. The highest BCUT2D eigenvalue weighted by atomic mass is 16.3. The third-order valence-electron chi connectivity index (χ3n) is 8.89. The van der Waals surface area contributed by atoms with E-state index in [0.29, 0.717) is 18.9 Å². The predicted octanol–water partition coefficient (Wildman–Crippen LogP) is 4.74. The van der Waals surface area contributed by atoms with Crippen LogP contribution in [0.1, 0.15) is 79.6 Å². The minimum Gasteiger partial charge on any atom is -0.504 e. The first-order valence-corrected chi connectivity index (χ1v) is 11.8. The highest BCUT2D eigenvalue weighted by Crippen LogP contribution is 2.64. The summed E-state index contributed by atoms with van der Waals surface area (Å²) in [4.78, 5) is 25.9. The normalized spacial score (nSPS) is 36.5. The molecule has 0 amide bonds. The Bertz CT molecular complexity index is 855. The molecule has 0 radical (unpaired) electrons. The van der Waals surface area contributed by atoms with Crippen molar-refractivity contribution in [3.63, 3.8) is 0 Å². The van der Waals surface area contributed by atoms with E-state index in [-0.39, 0.29) is 28.4 Å². The fraction of sp³-hybridized carbons (Fsp3) is 0.692. The monoisotopic (exact) mass is 428 g/mol. The van der Waals surface area contributed by atoms with Gasteiger partial charge in [-0.1, -0.05) is 46.8 Å². The molecular weight excluding hydrogens is 388 g/mol. The first-order chi connectivity index (χ1) is 14.4. The first-order valence-electron chi connectivity index (χ1n) is 11.8. The van der Waals surface area contributed by atoms with Crippen LogP contribution in [0.25, 0.3) is 0 Å². The summed E-state index contributed by atoms with van der Waals surface area (Å²) in [6, 6.07) is 0. The molecule has 0 aromatic carbocycles. The van der Waals surface area contributed by atoms with Gasteiger partial charge >= 0.3 is 0 Å². The molecule has 4 atom stereocenters. The third kappa shape index (κ3) is 3.69. The van der Waals surface area contributed by atoms with Crippen LogP contribution in [-0.4, -0.2) is 28.8 Å². The number of allylic oxidation sites excluding steroid dienone is 2. The molecule has 0 aromatic heterocycles. The van der Waals surface area contributed by atoms with Gasteiger partial charge in [-0.15, -0.1) is 0 Å². The van der Waals surface area contributed by atoms with Gasteiger partial charge in [-0.3, -0.25) is 9.59 Å². The minimum absolute atomic E-state index is 0.208. The van der Waals surface area contributed by atoms with Crippen molar-refractivity contribution in [2.45, 2.75) is 85.1 Å². The van der Waals surface area contributed by atoms with Gasteiger partial charge < -0.3 is 16.2 Å². The summed E-state index contributed by atoms with van der Waals surface area (Å²) in [6.45, 7) is 15.8. The molecule has 0 bridgehead atoms. The molecule has 0 heterocycles. The summed E-state index contributed by atoms with van der Waals surface area (Å²) >= 11 is 0. The number of carbonyl (C=O) groups excluding carboxylic acids is 2. The standard InChI is InChI=1S/C26H40N2O3/c1-16(2)10-13-28-20-14-21(29)23(31)19(22(20)30)15-25(6)18(4)9-12-24(5)17(3)8-7-11-26(24,25)27/h14,16,18,28,31H,3,7-13,15,27H2,1-2,4-6H3. The Morgan fingerprint density at radius 1 is 1.29 bits per heavy atom. The van der Waals surface area contributed by atoms with Crippen LogP contribution in [0.3, 0.4) is 0 Å². The zero-order valence-corrected chi connectivity index (χ0v) is 19.9. The van der Waals surface area contributed by atoms with E-state index in [9.17, 15) is 14.7 Å². The first kappa shape index (κ1) is 23.8. The van der Waals surface area contributed by atoms with Crippen LogP contribution >= 0.6 is 0 Å². The zero-order chi connectivity index (χ0) is 23.2. The number of hydrogen-bond acceptors (Lipinski definition) is 5. The van der Waals surface area contributed by atoms with Crippen LogP contribution in [0.4, 0.5) is 0 Å². The molecular formula is C26H40N2O3. The molecule has 0 aromatic rings. The summed E-state index contributed by atoms with van der Waals surface area (Å²) in [6.07, 6.45) is 7.21. The number of hydrogen-bond donors (Lipinski definition) is 3. The van der Waals surface area contributed by atoms with Crippen molar-refractivity contribution < 1.29 is 14.7 Å². The molecule has 172 valence electrons. The molecule has 5 nitrogen and oxygen atoms in total. The smallest absolute Gasteiger partial charge is 0.222 e. The number of fused-ring (bicyclic) bond motifs is 1. The summed E-state index contributed by atoms with van der Waals surface area (Å²) in [5.74, 6) is -0.459. The highest BCUT2D eigenvalue weighted by molar-refractivity contribution is 6.21. The number of nitrogens with two attached hydrogens (primary N) is 1. The Balaban J connectivity index is 1.95. The van der Waals surface area contributed by atoms with Gasteiger partial charge in [0.25, 0.3) is 0 Å². The number of aliphatic hydroxyl groups excluding tert-OH is 1. The molecule has 0 saturated heterocycles. The number of rotatable bonds is 6. The topological polar surface area (TPSA) is 92.4 Å². The number of nitrogens with one attached hydrogen (secondary N) is 1. The van der Waals surface area contributed by atoms with E-state index in [0.717, 1.165) is 38.5 Å². The minimum atomic E-state index is -0.546. The molecule has 4 N–H and O–H groups in total. The molecule has 0 aliphatic heterocycles. The van der Waals surface area contributed by atoms with Crippen LogP contribution in [-0.2, 0) is 9.59 Å². The second-order valence-corrected chi connectivity index (χ2v) is 11.0. The maximum atomic E-state index is 13.3. The fourth-order valence-corrected chi connectivity index (χ4v) is 6.20. The Hall–Kier alpha value is -1.88. The quantitative estimate of drug-likeness (QED) is 0.420. The van der Waals surface area contributed by atoms with Crippen molar-refractivity contribution >= 4 is 11.6 Å². The maximum absolute atomic E-state index is 13.3. The van der Waals surface area contributed by atoms with Gasteiger partial charge in [-0.2, -0.15) is 0 Å². The van der Waals surface area contributed by atoms with Gasteiger partial charge in [-0.25, -0.2) is 0 Å². The molecule has 31 heavy (non-hydrogen) atoms. The van der Waals surface area contributed by atoms with Crippen molar-refractivity contribution in [1.82, 2.24) is 5.32 Å². The van der Waals surface area contributed by atoms with Gasteiger partial charge in [-0.05, 0) is 62.2 Å². The molecule has 2 fully saturated rings. The van der Waals surface area contributed by atoms with Gasteiger partial charge in [0.05, 0.1) is 5.70 Å². The maximum Gasteiger partial charge on any atom is 0.222 e. The van der Waals surface area contributed by atoms with Crippen LogP contribution in [0.2, 0.25) is 0 Å².